The number of aromatic nitrogens is 4. The molecule has 0 radical (unpaired) electrons. The molecule has 0 aliphatic carbocycles. The van der Waals surface area contributed by atoms with Gasteiger partial charge >= 0.3 is 0 Å². The van der Waals surface area contributed by atoms with Crippen LogP contribution in [0.15, 0.2) is 46.5 Å². The maximum atomic E-state index is 13.0. The highest BCUT2D eigenvalue weighted by Gasteiger charge is 2.28. The molecule has 1 aromatic heterocycles. The minimum absolute atomic E-state index is 0.0272. The maximum absolute atomic E-state index is 13.0. The van der Waals surface area contributed by atoms with Crippen molar-refractivity contribution in [2.24, 2.45) is 0 Å². The number of anilines is 1. The Morgan fingerprint density at radius 1 is 1.18 bits per heavy atom. The van der Waals surface area contributed by atoms with E-state index < -0.39 is 10.0 Å². The summed E-state index contributed by atoms with van der Waals surface area (Å²) in [7, 11) is -3.81. The summed E-state index contributed by atoms with van der Waals surface area (Å²) in [6, 6.07) is 10.3. The number of benzene rings is 2. The number of nitrogens with zero attached hydrogens (tertiary/aromatic N) is 5. The van der Waals surface area contributed by atoms with Crippen LogP contribution in [0.1, 0.15) is 11.1 Å². The van der Waals surface area contributed by atoms with Crippen LogP contribution >= 0.6 is 23.4 Å². The van der Waals surface area contributed by atoms with Crippen molar-refractivity contribution in [2.45, 2.75) is 23.9 Å². The van der Waals surface area contributed by atoms with Gasteiger partial charge in [0.25, 0.3) is 0 Å². The third kappa shape index (κ3) is 5.41. The SMILES string of the molecule is Cc1ccc(-n2nnnc2SCC(=O)Nc2ccc(Cl)c(S(=O)(=O)N3CCOCC3)c2)c(C)c1. The van der Waals surface area contributed by atoms with E-state index in [1.165, 1.54) is 28.2 Å². The monoisotopic (exact) mass is 522 g/mol. The average molecular weight is 523 g/mol. The summed E-state index contributed by atoms with van der Waals surface area (Å²) in [4.78, 5) is 12.5. The lowest BCUT2D eigenvalue weighted by atomic mass is 10.1. The third-order valence-corrected chi connectivity index (χ3v) is 8.46. The van der Waals surface area contributed by atoms with Crippen LogP contribution in [-0.4, -0.2) is 70.9 Å². The first-order chi connectivity index (χ1) is 16.3. The van der Waals surface area contributed by atoms with Crippen molar-refractivity contribution in [3.05, 3.63) is 52.5 Å². The number of carbonyl (C=O) groups is 1. The summed E-state index contributed by atoms with van der Waals surface area (Å²) in [6.07, 6.45) is 0. The van der Waals surface area contributed by atoms with Crippen LogP contribution in [0.25, 0.3) is 5.69 Å². The van der Waals surface area contributed by atoms with Crippen LogP contribution in [0.2, 0.25) is 5.02 Å². The number of tetrazole rings is 1. The van der Waals surface area contributed by atoms with Gasteiger partial charge in [-0.2, -0.15) is 8.99 Å². The summed E-state index contributed by atoms with van der Waals surface area (Å²) in [5, 5.41) is 15.1. The van der Waals surface area contributed by atoms with Crippen molar-refractivity contribution in [2.75, 3.05) is 37.4 Å². The van der Waals surface area contributed by atoms with E-state index in [-0.39, 0.29) is 34.7 Å². The van der Waals surface area contributed by atoms with E-state index >= 15 is 0 Å². The molecular formula is C21H23ClN6O4S2. The highest BCUT2D eigenvalue weighted by molar-refractivity contribution is 7.99. The number of ether oxygens (including phenoxy) is 1. The molecule has 1 saturated heterocycles. The molecule has 2 heterocycles. The van der Waals surface area contributed by atoms with Crippen LogP contribution in [0, 0.1) is 13.8 Å². The van der Waals surface area contributed by atoms with Gasteiger partial charge in [0.15, 0.2) is 0 Å². The number of aryl methyl sites for hydroxylation is 2. The number of thioether (sulfide) groups is 1. The lowest BCUT2D eigenvalue weighted by molar-refractivity contribution is -0.113. The number of rotatable bonds is 7. The molecule has 180 valence electrons. The van der Waals surface area contributed by atoms with E-state index in [2.05, 4.69) is 20.8 Å². The molecule has 1 aliphatic heterocycles. The zero-order valence-corrected chi connectivity index (χ0v) is 21.0. The van der Waals surface area contributed by atoms with Gasteiger partial charge in [-0.15, -0.1) is 5.10 Å². The maximum Gasteiger partial charge on any atom is 0.244 e. The number of carbonyl (C=O) groups excluding carboxylic acids is 1. The molecule has 2 aromatic carbocycles. The fourth-order valence-electron chi connectivity index (χ4n) is 3.50. The first-order valence-corrected chi connectivity index (χ1v) is 13.2. The third-order valence-electron chi connectivity index (χ3n) is 5.16. The van der Waals surface area contributed by atoms with E-state index in [0.717, 1.165) is 16.8 Å². The van der Waals surface area contributed by atoms with E-state index in [1.807, 2.05) is 32.0 Å². The van der Waals surface area contributed by atoms with Crippen molar-refractivity contribution in [3.63, 3.8) is 0 Å². The number of amides is 1. The lowest BCUT2D eigenvalue weighted by Gasteiger charge is -2.26. The number of hydrogen-bond acceptors (Lipinski definition) is 8. The Labute approximate surface area is 206 Å². The molecule has 1 N–H and O–H groups in total. The van der Waals surface area contributed by atoms with E-state index in [0.29, 0.717) is 24.1 Å². The minimum atomic E-state index is -3.81. The van der Waals surface area contributed by atoms with E-state index in [9.17, 15) is 13.2 Å². The molecule has 0 unspecified atom stereocenters. The Kier molecular flexibility index (Phi) is 7.53. The molecule has 1 aliphatic rings. The highest BCUT2D eigenvalue weighted by atomic mass is 35.5. The molecule has 34 heavy (non-hydrogen) atoms. The predicted octanol–water partition coefficient (Wildman–Crippen LogP) is 2.68. The van der Waals surface area contributed by atoms with Gasteiger partial charge in [-0.3, -0.25) is 4.79 Å². The van der Waals surface area contributed by atoms with Gasteiger partial charge in [-0.25, -0.2) is 8.42 Å². The van der Waals surface area contributed by atoms with Gasteiger partial charge in [-0.05, 0) is 54.1 Å². The van der Waals surface area contributed by atoms with Crippen LogP contribution in [0.4, 0.5) is 5.69 Å². The molecule has 1 fully saturated rings. The Balaban J connectivity index is 1.45. The summed E-state index contributed by atoms with van der Waals surface area (Å²) >= 11 is 7.36. The molecule has 10 nitrogen and oxygen atoms in total. The van der Waals surface area contributed by atoms with Crippen molar-refractivity contribution >= 4 is 45.0 Å². The fourth-order valence-corrected chi connectivity index (χ4v) is 6.09. The van der Waals surface area contributed by atoms with Crippen molar-refractivity contribution in [1.82, 2.24) is 24.5 Å². The normalized spacial score (nSPS) is 14.8. The zero-order valence-electron chi connectivity index (χ0n) is 18.6. The van der Waals surface area contributed by atoms with Gasteiger partial charge in [0.1, 0.15) is 4.90 Å². The molecule has 13 heteroatoms. The largest absolute Gasteiger partial charge is 0.379 e. The number of nitrogens with one attached hydrogen (secondary N) is 1. The number of halogens is 1. The Hall–Kier alpha value is -2.51. The van der Waals surface area contributed by atoms with Crippen LogP contribution in [0.3, 0.4) is 0 Å². The molecule has 1 amide bonds. The lowest BCUT2D eigenvalue weighted by Crippen LogP contribution is -2.40. The van der Waals surface area contributed by atoms with E-state index in [4.69, 9.17) is 16.3 Å². The topological polar surface area (TPSA) is 119 Å². The molecule has 0 saturated carbocycles. The van der Waals surface area contributed by atoms with Gasteiger partial charge in [0.2, 0.25) is 21.1 Å². The van der Waals surface area contributed by atoms with Gasteiger partial charge in [-0.1, -0.05) is 41.1 Å². The van der Waals surface area contributed by atoms with Crippen LogP contribution < -0.4 is 5.32 Å². The molecule has 3 aromatic rings. The molecular weight excluding hydrogens is 500 g/mol. The Morgan fingerprint density at radius 2 is 1.94 bits per heavy atom. The minimum Gasteiger partial charge on any atom is -0.379 e. The number of hydrogen-bond donors (Lipinski definition) is 1. The Bertz CT molecular complexity index is 1310. The van der Waals surface area contributed by atoms with Crippen molar-refractivity contribution in [1.29, 1.82) is 0 Å². The fraction of sp³-hybridized carbons (Fsp3) is 0.333. The van der Waals surface area contributed by atoms with Crippen molar-refractivity contribution in [3.8, 4) is 5.69 Å². The molecule has 0 bridgehead atoms. The number of morpholine rings is 1. The van der Waals surface area contributed by atoms with Gasteiger partial charge in [0, 0.05) is 18.8 Å². The second kappa shape index (κ2) is 10.4. The zero-order chi connectivity index (χ0) is 24.3. The summed E-state index contributed by atoms with van der Waals surface area (Å²) in [5.74, 6) is -0.309. The summed E-state index contributed by atoms with van der Waals surface area (Å²) < 4.78 is 34.1. The number of sulfonamides is 1. The van der Waals surface area contributed by atoms with Gasteiger partial charge in [0.05, 0.1) is 29.7 Å². The Morgan fingerprint density at radius 3 is 2.68 bits per heavy atom. The first-order valence-electron chi connectivity index (χ1n) is 10.4. The first kappa shape index (κ1) is 24.6. The van der Waals surface area contributed by atoms with Crippen LogP contribution in [-0.2, 0) is 19.6 Å². The summed E-state index contributed by atoms with van der Waals surface area (Å²) in [6.45, 7) is 5.12. The second-order valence-electron chi connectivity index (χ2n) is 7.66. The van der Waals surface area contributed by atoms with Crippen LogP contribution in [0.5, 0.6) is 0 Å². The molecule has 0 atom stereocenters. The van der Waals surface area contributed by atoms with Gasteiger partial charge < -0.3 is 10.1 Å². The second-order valence-corrected chi connectivity index (χ2v) is 10.9. The molecule has 4 rings (SSSR count). The smallest absolute Gasteiger partial charge is 0.244 e. The summed E-state index contributed by atoms with van der Waals surface area (Å²) in [5.41, 5.74) is 3.29. The van der Waals surface area contributed by atoms with Crippen molar-refractivity contribution < 1.29 is 17.9 Å². The van der Waals surface area contributed by atoms with E-state index in [1.54, 1.807) is 10.7 Å². The predicted molar refractivity (Wildman–Crippen MR) is 129 cm³/mol. The average Bonchev–Trinajstić information content (AvgIpc) is 3.28. The highest BCUT2D eigenvalue weighted by Crippen LogP contribution is 2.29. The molecule has 0 spiro atoms. The standard InChI is InChI=1S/C21H23ClN6O4S2/c1-14-3-6-18(15(2)11-14)28-21(24-25-26-28)33-13-20(29)23-16-4-5-17(22)19(12-16)34(30,31)27-7-9-32-10-8-27/h3-6,11-12H,7-10,13H2,1-2H3,(H,23,29). The quantitative estimate of drug-likeness (QED) is 0.470.